The van der Waals surface area contributed by atoms with Gasteiger partial charge in [-0.1, -0.05) is 30.3 Å². The molecule has 3 N–H and O–H groups in total. The summed E-state index contributed by atoms with van der Waals surface area (Å²) < 4.78 is 5.52. The van der Waals surface area contributed by atoms with Gasteiger partial charge in [0.25, 0.3) is 5.91 Å². The fraction of sp³-hybridized carbons (Fsp3) is 0.364. The maximum Gasteiger partial charge on any atom is 0.260 e. The summed E-state index contributed by atoms with van der Waals surface area (Å²) in [5.41, 5.74) is 7.56. The molecule has 2 amide bonds. The second-order valence-corrected chi connectivity index (χ2v) is 7.04. The first-order valence-electron chi connectivity index (χ1n) is 9.69. The van der Waals surface area contributed by atoms with Crippen LogP contribution in [0.2, 0.25) is 0 Å². The summed E-state index contributed by atoms with van der Waals surface area (Å²) in [4.78, 5) is 26.4. The Hall–Kier alpha value is -2.73. The highest BCUT2D eigenvalue weighted by molar-refractivity contribution is 5.85. The number of carbonyl (C=O) groups excluding carboxylic acids is 2. The number of amides is 2. The quantitative estimate of drug-likeness (QED) is 0.678. The van der Waals surface area contributed by atoms with Gasteiger partial charge in [-0.25, -0.2) is 0 Å². The van der Waals surface area contributed by atoms with Gasteiger partial charge in [0.1, 0.15) is 5.75 Å². The predicted octanol–water partition coefficient (Wildman–Crippen LogP) is 2.67. The van der Waals surface area contributed by atoms with E-state index in [-0.39, 0.29) is 36.7 Å². The number of anilines is 1. The van der Waals surface area contributed by atoms with Crippen molar-refractivity contribution in [2.45, 2.75) is 19.3 Å². The van der Waals surface area contributed by atoms with Crippen LogP contribution in [0.15, 0.2) is 54.6 Å². The molecule has 29 heavy (non-hydrogen) atoms. The molecule has 0 spiro atoms. The molecular weight excluding hydrogens is 390 g/mol. The molecule has 0 aliphatic carbocycles. The summed E-state index contributed by atoms with van der Waals surface area (Å²) >= 11 is 0. The second-order valence-electron chi connectivity index (χ2n) is 7.04. The second kappa shape index (κ2) is 11.3. The molecule has 1 saturated heterocycles. The maximum absolute atomic E-state index is 12.4. The number of nitrogens with one attached hydrogen (secondary N) is 1. The zero-order chi connectivity index (χ0) is 19.8. The van der Waals surface area contributed by atoms with E-state index in [1.807, 2.05) is 54.6 Å². The van der Waals surface area contributed by atoms with E-state index in [2.05, 4.69) is 5.32 Å². The SMILES string of the molecule is Cl.Nc1ccc(CCNC(=O)C2CCN(C(=O)COc3ccccc3)CC2)cc1. The summed E-state index contributed by atoms with van der Waals surface area (Å²) in [6.07, 6.45) is 2.15. The van der Waals surface area contributed by atoms with Gasteiger partial charge >= 0.3 is 0 Å². The minimum Gasteiger partial charge on any atom is -0.484 e. The maximum atomic E-state index is 12.4. The predicted molar refractivity (Wildman–Crippen MR) is 116 cm³/mol. The van der Waals surface area contributed by atoms with Gasteiger partial charge in [-0.05, 0) is 49.1 Å². The Morgan fingerprint density at radius 1 is 1.03 bits per heavy atom. The van der Waals surface area contributed by atoms with Crippen molar-refractivity contribution >= 4 is 29.9 Å². The fourth-order valence-corrected chi connectivity index (χ4v) is 3.30. The molecule has 2 aromatic rings. The summed E-state index contributed by atoms with van der Waals surface area (Å²) in [6.45, 7) is 1.81. The van der Waals surface area contributed by atoms with E-state index in [4.69, 9.17) is 10.5 Å². The monoisotopic (exact) mass is 417 g/mol. The van der Waals surface area contributed by atoms with Crippen LogP contribution in [0.1, 0.15) is 18.4 Å². The molecule has 0 aromatic heterocycles. The standard InChI is InChI=1S/C22H27N3O3.ClH/c23-19-8-6-17(7-9-19)10-13-24-22(27)18-11-14-25(15-12-18)21(26)16-28-20-4-2-1-3-5-20;/h1-9,18H,10-16,23H2,(H,24,27);1H. The molecule has 0 radical (unpaired) electrons. The molecule has 0 unspecified atom stereocenters. The number of ether oxygens (including phenoxy) is 1. The first kappa shape index (κ1) is 22.6. The van der Waals surface area contributed by atoms with Gasteiger partial charge in [-0.15, -0.1) is 12.4 Å². The van der Waals surface area contributed by atoms with Crippen LogP contribution in [0.3, 0.4) is 0 Å². The first-order chi connectivity index (χ1) is 13.6. The molecule has 1 aliphatic rings. The molecule has 2 aromatic carbocycles. The largest absolute Gasteiger partial charge is 0.484 e. The average Bonchev–Trinajstić information content (AvgIpc) is 2.74. The number of hydrogen-bond donors (Lipinski definition) is 2. The highest BCUT2D eigenvalue weighted by atomic mass is 35.5. The summed E-state index contributed by atoms with van der Waals surface area (Å²) in [7, 11) is 0. The van der Waals surface area contributed by atoms with E-state index in [1.165, 1.54) is 0 Å². The van der Waals surface area contributed by atoms with E-state index in [1.54, 1.807) is 4.90 Å². The highest BCUT2D eigenvalue weighted by Crippen LogP contribution is 2.18. The Kier molecular flexibility index (Phi) is 8.80. The van der Waals surface area contributed by atoms with Crippen molar-refractivity contribution < 1.29 is 14.3 Å². The van der Waals surface area contributed by atoms with Gasteiger partial charge in [0.15, 0.2) is 6.61 Å². The number of para-hydroxylation sites is 1. The minimum absolute atomic E-state index is 0. The summed E-state index contributed by atoms with van der Waals surface area (Å²) in [5, 5.41) is 3.01. The Labute approximate surface area is 177 Å². The van der Waals surface area contributed by atoms with Gasteiger partial charge in [0.2, 0.25) is 5.91 Å². The number of halogens is 1. The number of benzene rings is 2. The van der Waals surface area contributed by atoms with Crippen molar-refractivity contribution in [1.29, 1.82) is 0 Å². The fourth-order valence-electron chi connectivity index (χ4n) is 3.30. The zero-order valence-electron chi connectivity index (χ0n) is 16.4. The third-order valence-corrected chi connectivity index (χ3v) is 5.02. The highest BCUT2D eigenvalue weighted by Gasteiger charge is 2.27. The number of likely N-dealkylation sites (tertiary alicyclic amines) is 1. The lowest BCUT2D eigenvalue weighted by molar-refractivity contribution is -0.137. The Morgan fingerprint density at radius 3 is 2.34 bits per heavy atom. The van der Waals surface area contributed by atoms with Crippen LogP contribution >= 0.6 is 12.4 Å². The number of nitrogens with two attached hydrogens (primary N) is 1. The molecule has 0 bridgehead atoms. The molecule has 3 rings (SSSR count). The number of hydrogen-bond acceptors (Lipinski definition) is 4. The van der Waals surface area contributed by atoms with Crippen molar-refractivity contribution in [1.82, 2.24) is 10.2 Å². The number of nitrogens with zero attached hydrogens (tertiary/aromatic N) is 1. The minimum atomic E-state index is -0.0366. The number of nitrogen functional groups attached to an aromatic ring is 1. The van der Waals surface area contributed by atoms with Gasteiger partial charge in [-0.3, -0.25) is 9.59 Å². The molecule has 1 aliphatic heterocycles. The Balaban J connectivity index is 0.00000300. The molecule has 0 saturated carbocycles. The average molecular weight is 418 g/mol. The van der Waals surface area contributed by atoms with Crippen molar-refractivity contribution in [3.05, 3.63) is 60.2 Å². The number of carbonyl (C=O) groups is 2. The molecule has 1 fully saturated rings. The van der Waals surface area contributed by atoms with Crippen LogP contribution in [0.4, 0.5) is 5.69 Å². The van der Waals surface area contributed by atoms with Crippen molar-refractivity contribution in [3.63, 3.8) is 0 Å². The molecule has 1 heterocycles. The van der Waals surface area contributed by atoms with Crippen LogP contribution < -0.4 is 15.8 Å². The van der Waals surface area contributed by atoms with Gasteiger partial charge in [0.05, 0.1) is 0 Å². The van der Waals surface area contributed by atoms with Crippen molar-refractivity contribution in [2.24, 2.45) is 5.92 Å². The lowest BCUT2D eigenvalue weighted by Gasteiger charge is -2.31. The van der Waals surface area contributed by atoms with Gasteiger partial charge in [-0.2, -0.15) is 0 Å². The van der Waals surface area contributed by atoms with E-state index < -0.39 is 0 Å². The van der Waals surface area contributed by atoms with Gasteiger partial charge in [0, 0.05) is 31.2 Å². The molecular formula is C22H28ClN3O3. The lowest BCUT2D eigenvalue weighted by atomic mass is 9.96. The van der Waals surface area contributed by atoms with Crippen LogP contribution in [-0.2, 0) is 16.0 Å². The van der Waals surface area contributed by atoms with Crippen LogP contribution in [0.5, 0.6) is 5.75 Å². The smallest absolute Gasteiger partial charge is 0.260 e. The third kappa shape index (κ3) is 6.98. The topological polar surface area (TPSA) is 84.7 Å². The van der Waals surface area contributed by atoms with E-state index in [0.29, 0.717) is 38.2 Å². The van der Waals surface area contributed by atoms with Crippen molar-refractivity contribution in [2.75, 3.05) is 32.0 Å². The Morgan fingerprint density at radius 2 is 1.69 bits per heavy atom. The molecule has 0 atom stereocenters. The van der Waals surface area contributed by atoms with Crippen LogP contribution in [-0.4, -0.2) is 43.0 Å². The van der Waals surface area contributed by atoms with Gasteiger partial charge < -0.3 is 20.7 Å². The number of rotatable bonds is 7. The Bertz CT molecular complexity index is 776. The molecule has 156 valence electrons. The lowest BCUT2D eigenvalue weighted by Crippen LogP contribution is -2.44. The summed E-state index contributed by atoms with van der Waals surface area (Å²) in [5.74, 6) is 0.686. The summed E-state index contributed by atoms with van der Waals surface area (Å²) in [6, 6.07) is 17.0. The van der Waals surface area contributed by atoms with Crippen LogP contribution in [0, 0.1) is 5.92 Å². The molecule has 6 nitrogen and oxygen atoms in total. The van der Waals surface area contributed by atoms with E-state index >= 15 is 0 Å². The van der Waals surface area contributed by atoms with E-state index in [9.17, 15) is 9.59 Å². The first-order valence-corrected chi connectivity index (χ1v) is 9.69. The molecule has 7 heteroatoms. The van der Waals surface area contributed by atoms with Crippen LogP contribution in [0.25, 0.3) is 0 Å². The normalized spacial score (nSPS) is 14.0. The van der Waals surface area contributed by atoms with Crippen molar-refractivity contribution in [3.8, 4) is 5.75 Å². The number of piperidine rings is 1. The zero-order valence-corrected chi connectivity index (χ0v) is 17.2. The third-order valence-electron chi connectivity index (χ3n) is 5.02. The van der Waals surface area contributed by atoms with E-state index in [0.717, 1.165) is 17.7 Å².